The quantitative estimate of drug-likeness (QED) is 0.857. The maximum atomic E-state index is 12.8. The number of rotatable bonds is 2. The van der Waals surface area contributed by atoms with Crippen molar-refractivity contribution in [1.29, 1.82) is 0 Å². The van der Waals surface area contributed by atoms with Crippen LogP contribution in [0, 0.1) is 11.3 Å². The number of likely N-dealkylation sites (tertiary alicyclic amines) is 1. The van der Waals surface area contributed by atoms with Gasteiger partial charge in [-0.2, -0.15) is 13.2 Å². The van der Waals surface area contributed by atoms with E-state index in [1.165, 1.54) is 16.7 Å². The predicted octanol–water partition coefficient (Wildman–Crippen LogP) is 0.865. The molecule has 1 amide bonds. The molecular formula is C14H15F3N4O3. The number of aliphatic carboxylic acids is 1. The van der Waals surface area contributed by atoms with Gasteiger partial charge >= 0.3 is 12.1 Å². The molecule has 10 heteroatoms. The summed E-state index contributed by atoms with van der Waals surface area (Å²) in [5.41, 5.74) is -2.28. The zero-order valence-electron chi connectivity index (χ0n) is 12.7. The third-order valence-electron chi connectivity index (χ3n) is 4.70. The van der Waals surface area contributed by atoms with E-state index in [1.807, 2.05) is 0 Å². The highest BCUT2D eigenvalue weighted by Crippen LogP contribution is 2.44. The van der Waals surface area contributed by atoms with Crippen molar-refractivity contribution in [3.63, 3.8) is 0 Å². The van der Waals surface area contributed by atoms with E-state index in [0.717, 1.165) is 12.3 Å². The smallest absolute Gasteiger partial charge is 0.433 e. The van der Waals surface area contributed by atoms with Gasteiger partial charge in [0.05, 0.1) is 0 Å². The minimum atomic E-state index is -4.59. The molecule has 0 radical (unpaired) electrons. The van der Waals surface area contributed by atoms with Gasteiger partial charge in [0.2, 0.25) is 11.9 Å². The summed E-state index contributed by atoms with van der Waals surface area (Å²) >= 11 is 0. The van der Waals surface area contributed by atoms with Crippen LogP contribution in [0.2, 0.25) is 0 Å². The molecular weight excluding hydrogens is 329 g/mol. The lowest BCUT2D eigenvalue weighted by Gasteiger charge is -2.25. The molecule has 2 aliphatic rings. The average molecular weight is 344 g/mol. The van der Waals surface area contributed by atoms with E-state index in [0.29, 0.717) is 0 Å². The van der Waals surface area contributed by atoms with E-state index >= 15 is 0 Å². The van der Waals surface area contributed by atoms with Crippen molar-refractivity contribution in [1.82, 2.24) is 14.9 Å². The zero-order valence-corrected chi connectivity index (χ0v) is 12.7. The molecule has 0 spiro atoms. The zero-order chi connectivity index (χ0) is 17.7. The van der Waals surface area contributed by atoms with Crippen LogP contribution in [0.25, 0.3) is 0 Å². The summed E-state index contributed by atoms with van der Waals surface area (Å²) < 4.78 is 38.3. The van der Waals surface area contributed by atoms with Crippen LogP contribution >= 0.6 is 0 Å². The van der Waals surface area contributed by atoms with Crippen molar-refractivity contribution in [3.05, 3.63) is 18.0 Å². The molecule has 0 aromatic carbocycles. The van der Waals surface area contributed by atoms with Crippen LogP contribution in [-0.4, -0.2) is 58.0 Å². The van der Waals surface area contributed by atoms with E-state index in [9.17, 15) is 27.9 Å². The Morgan fingerprint density at radius 2 is 2.04 bits per heavy atom. The highest BCUT2D eigenvalue weighted by atomic mass is 19.4. The van der Waals surface area contributed by atoms with Crippen molar-refractivity contribution in [2.24, 2.45) is 11.3 Å². The number of carboxylic acids is 1. The first-order valence-corrected chi connectivity index (χ1v) is 7.27. The molecule has 0 unspecified atom stereocenters. The average Bonchev–Trinajstić information content (AvgIpc) is 3.01. The summed E-state index contributed by atoms with van der Waals surface area (Å²) in [6.07, 6.45) is -3.59. The van der Waals surface area contributed by atoms with E-state index in [2.05, 4.69) is 9.97 Å². The molecule has 1 aromatic heterocycles. The third kappa shape index (κ3) is 2.55. The number of fused-ring (bicyclic) bond motifs is 1. The Bertz CT molecular complexity index is 696. The van der Waals surface area contributed by atoms with Crippen LogP contribution in [0.3, 0.4) is 0 Å². The first-order valence-electron chi connectivity index (χ1n) is 7.27. The van der Waals surface area contributed by atoms with E-state index in [4.69, 9.17) is 0 Å². The number of hydrogen-bond donors (Lipinski definition) is 1. The van der Waals surface area contributed by atoms with Crippen LogP contribution in [-0.2, 0) is 15.8 Å². The molecule has 7 nitrogen and oxygen atoms in total. The van der Waals surface area contributed by atoms with Crippen molar-refractivity contribution in [3.8, 4) is 0 Å². The summed E-state index contributed by atoms with van der Waals surface area (Å²) in [4.78, 5) is 33.6. The molecule has 130 valence electrons. The number of carbonyl (C=O) groups excluding carboxylic acids is 1. The second kappa shape index (κ2) is 5.32. The summed E-state index contributed by atoms with van der Waals surface area (Å²) in [7, 11) is 0. The van der Waals surface area contributed by atoms with Crippen LogP contribution in [0.15, 0.2) is 12.3 Å². The van der Waals surface area contributed by atoms with Crippen molar-refractivity contribution in [2.45, 2.75) is 13.1 Å². The SMILES string of the molecule is CC(=O)N1C[C@H]2CN(c3nccc(C(F)(F)F)n3)C[C@@]2(C(=O)O)C1. The van der Waals surface area contributed by atoms with Gasteiger partial charge in [0.15, 0.2) is 0 Å². The lowest BCUT2D eigenvalue weighted by molar-refractivity contribution is -0.148. The molecule has 3 heterocycles. The maximum absolute atomic E-state index is 12.8. The van der Waals surface area contributed by atoms with Crippen molar-refractivity contribution < 1.29 is 27.9 Å². The fourth-order valence-corrected chi connectivity index (χ4v) is 3.42. The molecule has 0 aliphatic carbocycles. The number of anilines is 1. The maximum Gasteiger partial charge on any atom is 0.433 e. The van der Waals surface area contributed by atoms with E-state index in [-0.39, 0.29) is 44.0 Å². The van der Waals surface area contributed by atoms with Gasteiger partial charge in [-0.3, -0.25) is 9.59 Å². The van der Waals surface area contributed by atoms with Gasteiger partial charge in [-0.05, 0) is 6.07 Å². The topological polar surface area (TPSA) is 86.6 Å². The van der Waals surface area contributed by atoms with Crippen LogP contribution < -0.4 is 4.90 Å². The minimum absolute atomic E-state index is 0.0297. The van der Waals surface area contributed by atoms with Gasteiger partial charge in [-0.1, -0.05) is 0 Å². The number of carboxylic acid groups (broad SMARTS) is 1. The minimum Gasteiger partial charge on any atom is -0.481 e. The largest absolute Gasteiger partial charge is 0.481 e. The van der Waals surface area contributed by atoms with E-state index in [1.54, 1.807) is 0 Å². The van der Waals surface area contributed by atoms with Crippen LogP contribution in [0.1, 0.15) is 12.6 Å². The monoisotopic (exact) mass is 344 g/mol. The van der Waals surface area contributed by atoms with Gasteiger partial charge in [-0.15, -0.1) is 0 Å². The van der Waals surface area contributed by atoms with E-state index < -0.39 is 23.3 Å². The Balaban J connectivity index is 1.88. The highest BCUT2D eigenvalue weighted by Gasteiger charge is 2.58. The number of carbonyl (C=O) groups is 2. The Kier molecular flexibility index (Phi) is 3.65. The lowest BCUT2D eigenvalue weighted by atomic mass is 9.81. The highest BCUT2D eigenvalue weighted by molar-refractivity contribution is 5.81. The number of halogens is 3. The molecule has 3 rings (SSSR count). The first-order chi connectivity index (χ1) is 11.1. The van der Waals surface area contributed by atoms with Gasteiger partial charge in [0.25, 0.3) is 0 Å². The molecule has 2 atom stereocenters. The number of nitrogens with zero attached hydrogens (tertiary/aromatic N) is 4. The molecule has 2 aliphatic heterocycles. The standard InChI is InChI=1S/C14H15F3N4O3/c1-8(22)20-4-9-5-21(7-13(9,6-20)11(23)24)12-18-3-2-10(19-12)14(15,16)17/h2-3,9H,4-7H2,1H3,(H,23,24)/t9-,13-/m0/s1. The second-order valence-corrected chi connectivity index (χ2v) is 6.18. The Labute approximate surface area is 135 Å². The normalized spacial score (nSPS) is 26.6. The van der Waals surface area contributed by atoms with Gasteiger partial charge in [0.1, 0.15) is 11.1 Å². The Morgan fingerprint density at radius 3 is 2.58 bits per heavy atom. The molecule has 1 aromatic rings. The second-order valence-electron chi connectivity index (χ2n) is 6.18. The van der Waals surface area contributed by atoms with Crippen molar-refractivity contribution >= 4 is 17.8 Å². The van der Waals surface area contributed by atoms with Crippen molar-refractivity contribution in [2.75, 3.05) is 31.1 Å². The number of alkyl halides is 3. The summed E-state index contributed by atoms with van der Waals surface area (Å²) in [6.45, 7) is 1.83. The van der Waals surface area contributed by atoms with Gasteiger partial charge < -0.3 is 14.9 Å². The Hall–Kier alpha value is -2.39. The fraction of sp³-hybridized carbons (Fsp3) is 0.571. The number of hydrogen-bond acceptors (Lipinski definition) is 5. The lowest BCUT2D eigenvalue weighted by Crippen LogP contribution is -2.42. The fourth-order valence-electron chi connectivity index (χ4n) is 3.42. The van der Waals surface area contributed by atoms with Gasteiger partial charge in [-0.25, -0.2) is 9.97 Å². The Morgan fingerprint density at radius 1 is 1.33 bits per heavy atom. The summed E-state index contributed by atoms with van der Waals surface area (Å²) in [5.74, 6) is -1.80. The number of amides is 1. The molecule has 2 saturated heterocycles. The molecule has 24 heavy (non-hydrogen) atoms. The number of aromatic nitrogens is 2. The van der Waals surface area contributed by atoms with Gasteiger partial charge in [0, 0.05) is 45.2 Å². The summed E-state index contributed by atoms with van der Waals surface area (Å²) in [5, 5.41) is 9.64. The summed E-state index contributed by atoms with van der Waals surface area (Å²) in [6, 6.07) is 0.769. The molecule has 0 saturated carbocycles. The molecule has 2 fully saturated rings. The van der Waals surface area contributed by atoms with Crippen LogP contribution in [0.5, 0.6) is 0 Å². The third-order valence-corrected chi connectivity index (χ3v) is 4.70. The predicted molar refractivity (Wildman–Crippen MR) is 75.1 cm³/mol. The first kappa shape index (κ1) is 16.5. The van der Waals surface area contributed by atoms with Crippen LogP contribution in [0.4, 0.5) is 19.1 Å². The molecule has 0 bridgehead atoms. The molecule has 1 N–H and O–H groups in total.